The molecular weight excluding hydrogens is 292 g/mol. The van der Waals surface area contributed by atoms with Crippen LogP contribution in [-0.2, 0) is 14.2 Å². The summed E-state index contributed by atoms with van der Waals surface area (Å²) in [6.45, 7) is 8.96. The van der Waals surface area contributed by atoms with Crippen LogP contribution in [0.1, 0.15) is 66.2 Å². The first kappa shape index (κ1) is 18.9. The summed E-state index contributed by atoms with van der Waals surface area (Å²) in [5, 5.41) is 10.2. The molecule has 2 fully saturated rings. The molecule has 0 aromatic carbocycles. The van der Waals surface area contributed by atoms with Gasteiger partial charge >= 0.3 is 0 Å². The monoisotopic (exact) mass is 326 g/mol. The van der Waals surface area contributed by atoms with Crippen molar-refractivity contribution in [3.8, 4) is 0 Å². The Kier molecular flexibility index (Phi) is 6.28. The number of hydrogen-bond acceptors (Lipinski definition) is 4. The van der Waals surface area contributed by atoms with E-state index >= 15 is 0 Å². The van der Waals surface area contributed by atoms with Crippen molar-refractivity contribution in [2.24, 2.45) is 5.92 Å². The lowest BCUT2D eigenvalue weighted by atomic mass is 9.87. The minimum Gasteiger partial charge on any atom is -0.393 e. The zero-order valence-corrected chi connectivity index (χ0v) is 15.4. The van der Waals surface area contributed by atoms with E-state index in [0.29, 0.717) is 12.5 Å². The lowest BCUT2D eigenvalue weighted by molar-refractivity contribution is -0.320. The van der Waals surface area contributed by atoms with E-state index in [1.165, 1.54) is 5.57 Å². The molecule has 4 nitrogen and oxygen atoms in total. The normalized spacial score (nSPS) is 35.8. The quantitative estimate of drug-likeness (QED) is 0.689. The molecule has 0 spiro atoms. The molecule has 2 aliphatic heterocycles. The molecule has 2 heterocycles. The van der Waals surface area contributed by atoms with E-state index in [2.05, 4.69) is 33.8 Å². The van der Waals surface area contributed by atoms with Gasteiger partial charge in [-0.3, -0.25) is 0 Å². The molecule has 0 aromatic rings. The van der Waals surface area contributed by atoms with Crippen molar-refractivity contribution in [2.75, 3.05) is 13.7 Å². The van der Waals surface area contributed by atoms with Crippen LogP contribution in [0.3, 0.4) is 0 Å². The predicted octanol–water partition coefficient (Wildman–Crippen LogP) is 3.82. The average molecular weight is 326 g/mol. The molecule has 5 atom stereocenters. The summed E-state index contributed by atoms with van der Waals surface area (Å²) in [6.07, 6.45) is 7.68. The summed E-state index contributed by atoms with van der Waals surface area (Å²) in [5.74, 6) is -0.196. The van der Waals surface area contributed by atoms with E-state index in [0.717, 1.165) is 38.5 Å². The third-order valence-electron chi connectivity index (χ3n) is 5.58. The molecule has 0 aromatic heterocycles. The van der Waals surface area contributed by atoms with Crippen LogP contribution < -0.4 is 0 Å². The lowest BCUT2D eigenvalue weighted by Crippen LogP contribution is -2.53. The summed E-state index contributed by atoms with van der Waals surface area (Å²) in [6, 6.07) is 0. The summed E-state index contributed by atoms with van der Waals surface area (Å²) in [4.78, 5) is 0. The Morgan fingerprint density at radius 3 is 2.83 bits per heavy atom. The maximum absolute atomic E-state index is 10.2. The first-order valence-electron chi connectivity index (χ1n) is 8.98. The second-order valence-electron chi connectivity index (χ2n) is 7.82. The largest absolute Gasteiger partial charge is 0.393 e. The van der Waals surface area contributed by atoms with Crippen LogP contribution in [-0.4, -0.2) is 42.4 Å². The molecule has 0 radical (unpaired) electrons. The number of rotatable bonds is 8. The molecule has 0 amide bonds. The highest BCUT2D eigenvalue weighted by Crippen LogP contribution is 2.45. The fourth-order valence-corrected chi connectivity index (χ4v) is 3.63. The number of aliphatic hydroxyl groups excluding tert-OH is 1. The number of ether oxygens (including phenoxy) is 3. The Balaban J connectivity index is 1.77. The molecular formula is C19H34O4. The molecule has 5 unspecified atom stereocenters. The van der Waals surface area contributed by atoms with Crippen LogP contribution in [0, 0.1) is 5.92 Å². The van der Waals surface area contributed by atoms with Crippen molar-refractivity contribution in [3.63, 3.8) is 0 Å². The van der Waals surface area contributed by atoms with Crippen LogP contribution in [0.25, 0.3) is 0 Å². The number of allylic oxidation sites excluding steroid dienone is 1. The third-order valence-corrected chi connectivity index (χ3v) is 5.58. The van der Waals surface area contributed by atoms with E-state index in [1.807, 2.05) is 0 Å². The maximum atomic E-state index is 10.2. The van der Waals surface area contributed by atoms with E-state index < -0.39 is 5.79 Å². The molecule has 0 aliphatic carbocycles. The van der Waals surface area contributed by atoms with Crippen LogP contribution >= 0.6 is 0 Å². The number of hydrogen-bond donors (Lipinski definition) is 1. The van der Waals surface area contributed by atoms with Gasteiger partial charge in [-0.05, 0) is 52.4 Å². The van der Waals surface area contributed by atoms with Gasteiger partial charge in [0.25, 0.3) is 0 Å². The average Bonchev–Trinajstić information content (AvgIpc) is 2.91. The van der Waals surface area contributed by atoms with Crippen LogP contribution in [0.4, 0.5) is 0 Å². The highest BCUT2D eigenvalue weighted by Gasteiger charge is 2.53. The minimum atomic E-state index is -0.502. The van der Waals surface area contributed by atoms with Gasteiger partial charge in [-0.25, -0.2) is 0 Å². The van der Waals surface area contributed by atoms with Gasteiger partial charge in [0.05, 0.1) is 17.8 Å². The SMILES string of the molecule is COC12CCC(O1)C(C)(CCCC(C)C(O)CC=C(C)C)OC2. The Bertz CT molecular complexity index is 418. The lowest BCUT2D eigenvalue weighted by Gasteiger charge is -2.43. The van der Waals surface area contributed by atoms with Crippen molar-refractivity contribution >= 4 is 0 Å². The van der Waals surface area contributed by atoms with Gasteiger partial charge in [0.1, 0.15) is 6.61 Å². The van der Waals surface area contributed by atoms with E-state index in [1.54, 1.807) is 7.11 Å². The molecule has 134 valence electrons. The Morgan fingerprint density at radius 2 is 2.17 bits per heavy atom. The van der Waals surface area contributed by atoms with E-state index in [-0.39, 0.29) is 17.8 Å². The summed E-state index contributed by atoms with van der Waals surface area (Å²) in [5.41, 5.74) is 1.04. The molecule has 23 heavy (non-hydrogen) atoms. The zero-order chi connectivity index (χ0) is 17.1. The van der Waals surface area contributed by atoms with Crippen molar-refractivity contribution in [3.05, 3.63) is 11.6 Å². The highest BCUT2D eigenvalue weighted by atomic mass is 16.7. The summed E-state index contributed by atoms with van der Waals surface area (Å²) < 4.78 is 17.8. The van der Waals surface area contributed by atoms with Crippen molar-refractivity contribution < 1.29 is 19.3 Å². The van der Waals surface area contributed by atoms with Gasteiger partial charge in [0.15, 0.2) is 5.79 Å². The second kappa shape index (κ2) is 7.64. The van der Waals surface area contributed by atoms with E-state index in [4.69, 9.17) is 14.2 Å². The first-order valence-corrected chi connectivity index (χ1v) is 8.98. The number of fused-ring (bicyclic) bond motifs is 2. The second-order valence-corrected chi connectivity index (χ2v) is 7.82. The number of aliphatic hydroxyl groups is 1. The van der Waals surface area contributed by atoms with Gasteiger partial charge in [-0.1, -0.05) is 25.0 Å². The maximum Gasteiger partial charge on any atom is 0.192 e. The number of methoxy groups -OCH3 is 1. The van der Waals surface area contributed by atoms with Gasteiger partial charge in [0, 0.05) is 13.5 Å². The predicted molar refractivity (Wildman–Crippen MR) is 91.3 cm³/mol. The van der Waals surface area contributed by atoms with Gasteiger partial charge < -0.3 is 19.3 Å². The molecule has 1 N–H and O–H groups in total. The molecule has 2 aliphatic rings. The first-order chi connectivity index (χ1) is 10.8. The molecule has 2 saturated heterocycles. The Morgan fingerprint density at radius 1 is 1.43 bits per heavy atom. The minimum absolute atomic E-state index is 0.127. The molecule has 0 saturated carbocycles. The highest BCUT2D eigenvalue weighted by molar-refractivity contribution is 4.98. The van der Waals surface area contributed by atoms with Crippen LogP contribution in [0.15, 0.2) is 11.6 Å². The van der Waals surface area contributed by atoms with Gasteiger partial charge in [-0.15, -0.1) is 0 Å². The van der Waals surface area contributed by atoms with Crippen molar-refractivity contribution in [2.45, 2.75) is 89.8 Å². The third kappa shape index (κ3) is 4.56. The smallest absolute Gasteiger partial charge is 0.192 e. The zero-order valence-electron chi connectivity index (χ0n) is 15.4. The van der Waals surface area contributed by atoms with Gasteiger partial charge in [-0.2, -0.15) is 0 Å². The van der Waals surface area contributed by atoms with Crippen LogP contribution in [0.5, 0.6) is 0 Å². The Hall–Kier alpha value is -0.420. The molecule has 2 bridgehead atoms. The fraction of sp³-hybridized carbons (Fsp3) is 0.895. The van der Waals surface area contributed by atoms with Gasteiger partial charge in [0.2, 0.25) is 0 Å². The van der Waals surface area contributed by atoms with E-state index in [9.17, 15) is 5.11 Å². The molecule has 4 heteroatoms. The topological polar surface area (TPSA) is 47.9 Å². The summed E-state index contributed by atoms with van der Waals surface area (Å²) in [7, 11) is 1.70. The van der Waals surface area contributed by atoms with Crippen molar-refractivity contribution in [1.82, 2.24) is 0 Å². The summed E-state index contributed by atoms with van der Waals surface area (Å²) >= 11 is 0. The van der Waals surface area contributed by atoms with Crippen molar-refractivity contribution in [1.29, 1.82) is 0 Å². The Labute approximate surface area is 141 Å². The fourth-order valence-electron chi connectivity index (χ4n) is 3.63. The molecule has 2 rings (SSSR count). The standard InChI is InChI=1S/C19H34O4/c1-14(2)8-9-16(20)15(3)7-6-11-18(4)17-10-12-19(21-5,23-17)13-22-18/h8,15-17,20H,6-7,9-13H2,1-5H3. The van der Waals surface area contributed by atoms with Crippen LogP contribution in [0.2, 0.25) is 0 Å².